The van der Waals surface area contributed by atoms with Crippen molar-refractivity contribution in [3.63, 3.8) is 0 Å². The van der Waals surface area contributed by atoms with Crippen molar-refractivity contribution in [2.45, 2.75) is 67.9 Å². The Kier molecular flexibility index (Phi) is 20.7. The highest BCUT2D eigenvalue weighted by atomic mass is 32.1. The van der Waals surface area contributed by atoms with E-state index >= 15 is 0 Å². The zero-order valence-corrected chi connectivity index (χ0v) is 34.4. The van der Waals surface area contributed by atoms with E-state index in [-0.39, 0.29) is 6.04 Å². The van der Waals surface area contributed by atoms with E-state index in [1.54, 1.807) is 0 Å². The lowest BCUT2D eigenvalue weighted by molar-refractivity contribution is 0.694. The molecule has 0 fully saturated rings. The molecule has 0 aliphatic heterocycles. The van der Waals surface area contributed by atoms with E-state index in [1.165, 1.54) is 53.7 Å². The fourth-order valence-corrected chi connectivity index (χ4v) is 6.67. The lowest BCUT2D eigenvalue weighted by Crippen LogP contribution is -2.18. The van der Waals surface area contributed by atoms with Crippen molar-refractivity contribution in [3.05, 3.63) is 173 Å². The van der Waals surface area contributed by atoms with Crippen LogP contribution in [0, 0.1) is 6.92 Å². The first-order valence-electron chi connectivity index (χ1n) is 19.0. The number of nitrogens with two attached hydrogens (primary N) is 1. The molecule has 1 heterocycles. The van der Waals surface area contributed by atoms with Crippen LogP contribution in [0.15, 0.2) is 145 Å². The Hall–Kier alpha value is -5.12. The van der Waals surface area contributed by atoms with Crippen LogP contribution in [-0.2, 0) is 0 Å². The lowest BCUT2D eigenvalue weighted by Gasteiger charge is -2.19. The molecule has 0 saturated heterocycles. The number of nitrogens with one attached hydrogen (secondary N) is 2. The highest BCUT2D eigenvalue weighted by Crippen LogP contribution is 2.36. The van der Waals surface area contributed by atoms with Gasteiger partial charge in [-0.05, 0) is 79.1 Å². The summed E-state index contributed by atoms with van der Waals surface area (Å²) < 4.78 is 2.75. The number of rotatable bonds is 7. The third kappa shape index (κ3) is 12.8. The van der Waals surface area contributed by atoms with Crippen LogP contribution in [0.1, 0.15) is 88.7 Å². The van der Waals surface area contributed by atoms with Crippen LogP contribution in [0.4, 0.5) is 11.4 Å². The first kappa shape index (κ1) is 44.0. The second-order valence-electron chi connectivity index (χ2n) is 11.3. The second-order valence-corrected chi connectivity index (χ2v) is 12.4. The summed E-state index contributed by atoms with van der Waals surface area (Å²) in [5.41, 5.74) is 18.8. The molecule has 1 aliphatic carbocycles. The number of hydrogen-bond donors (Lipinski definition) is 3. The molecule has 0 radical (unpaired) electrons. The zero-order chi connectivity index (χ0) is 39.0. The minimum Gasteiger partial charge on any atom is -0.398 e. The first-order valence-corrected chi connectivity index (χ1v) is 19.8. The monoisotopic (exact) mass is 723 g/mol. The maximum Gasteiger partial charge on any atom is 0.0594 e. The van der Waals surface area contributed by atoms with Gasteiger partial charge in [0.1, 0.15) is 0 Å². The van der Waals surface area contributed by atoms with Crippen LogP contribution < -0.4 is 16.4 Å². The minimum atomic E-state index is 0.111. The average Bonchev–Trinajstić information content (AvgIpc) is 3.57. The number of para-hydroxylation sites is 2. The Bertz CT molecular complexity index is 2060. The highest BCUT2D eigenvalue weighted by Gasteiger charge is 2.14. The smallest absolute Gasteiger partial charge is 0.0594 e. The van der Waals surface area contributed by atoms with Gasteiger partial charge in [0.25, 0.3) is 0 Å². The van der Waals surface area contributed by atoms with Crippen molar-refractivity contribution in [2.75, 3.05) is 25.1 Å². The van der Waals surface area contributed by atoms with E-state index in [0.717, 1.165) is 17.7 Å². The van der Waals surface area contributed by atoms with Gasteiger partial charge in [-0.3, -0.25) is 0 Å². The van der Waals surface area contributed by atoms with Crippen molar-refractivity contribution >= 4 is 54.5 Å². The molecule has 0 saturated carbocycles. The standard InChI is InChI=1S/C19H22N2.C16H10S.C8H11N.3C2H6/c1-3-4-5-8-15-11-13-16(14-12-15)19(21-2)17-9-6-7-10-18(17)20;1-2-7-15-13(6-1)14-9-8-12(10-16(14)17-15)11-4-3-5-11;1-7-5-3-4-6-8(7)9-2;3*1-2/h3-14,19,21H,20H2,1-2H3;1-3,6-10H,4H2;3-6,9H,1-2H3;3*1-2H3/b4-3-,8-5-;;;;;. The van der Waals surface area contributed by atoms with E-state index in [2.05, 4.69) is 120 Å². The molecule has 278 valence electrons. The Labute approximate surface area is 324 Å². The summed E-state index contributed by atoms with van der Waals surface area (Å²) in [6, 6.07) is 40.2. The first-order chi connectivity index (χ1) is 26.0. The number of benzene rings is 5. The van der Waals surface area contributed by atoms with Crippen molar-refractivity contribution in [1.82, 2.24) is 5.32 Å². The van der Waals surface area contributed by atoms with Crippen molar-refractivity contribution in [2.24, 2.45) is 0 Å². The Morgan fingerprint density at radius 3 is 1.92 bits per heavy atom. The van der Waals surface area contributed by atoms with E-state index < -0.39 is 0 Å². The summed E-state index contributed by atoms with van der Waals surface area (Å²) in [6.07, 6.45) is 11.3. The van der Waals surface area contributed by atoms with E-state index in [1.807, 2.05) is 122 Å². The maximum absolute atomic E-state index is 6.09. The molecule has 0 amide bonds. The molecule has 1 unspecified atom stereocenters. The highest BCUT2D eigenvalue weighted by molar-refractivity contribution is 7.25. The third-order valence-corrected chi connectivity index (χ3v) is 9.32. The van der Waals surface area contributed by atoms with Crippen LogP contribution in [-0.4, -0.2) is 14.1 Å². The van der Waals surface area contributed by atoms with E-state index in [4.69, 9.17) is 5.73 Å². The van der Waals surface area contributed by atoms with E-state index in [9.17, 15) is 0 Å². The molecule has 0 spiro atoms. The van der Waals surface area contributed by atoms with Crippen molar-refractivity contribution in [3.8, 4) is 0 Å². The largest absolute Gasteiger partial charge is 0.398 e. The molecular formula is C49H61N3S. The SMILES string of the molecule is C/C=C\C=C/c1ccc(C(NC)c2ccccc2N)cc1.C1=CCC=1c1ccc2c(c1)sc1ccccc12.CC.CC.CC.CNc1ccccc1C. The number of anilines is 2. The fourth-order valence-electron chi connectivity index (χ4n) is 5.53. The maximum atomic E-state index is 6.09. The molecule has 3 nitrogen and oxygen atoms in total. The van der Waals surface area contributed by atoms with Crippen molar-refractivity contribution < 1.29 is 0 Å². The number of allylic oxidation sites excluding steroid dienone is 4. The summed E-state index contributed by atoms with van der Waals surface area (Å²) in [5, 5.41) is 9.18. The van der Waals surface area contributed by atoms with Gasteiger partial charge in [0, 0.05) is 50.6 Å². The normalized spacial score (nSPS) is 11.5. The number of hydrogen-bond acceptors (Lipinski definition) is 4. The van der Waals surface area contributed by atoms with Gasteiger partial charge in [-0.2, -0.15) is 0 Å². The summed E-state index contributed by atoms with van der Waals surface area (Å²) in [5.74, 6) is 0. The van der Waals surface area contributed by atoms with Crippen LogP contribution in [0.2, 0.25) is 0 Å². The van der Waals surface area contributed by atoms with Gasteiger partial charge in [-0.25, -0.2) is 0 Å². The van der Waals surface area contributed by atoms with Crippen LogP contribution in [0.5, 0.6) is 0 Å². The van der Waals surface area contributed by atoms with Crippen LogP contribution in [0.3, 0.4) is 0 Å². The van der Waals surface area contributed by atoms with E-state index in [0.29, 0.717) is 0 Å². The van der Waals surface area contributed by atoms with Gasteiger partial charge in [0.05, 0.1) is 6.04 Å². The van der Waals surface area contributed by atoms with Gasteiger partial charge >= 0.3 is 0 Å². The molecule has 1 aliphatic rings. The molecule has 6 aromatic rings. The van der Waals surface area contributed by atoms with Gasteiger partial charge in [-0.1, -0.05) is 157 Å². The van der Waals surface area contributed by atoms with Crippen molar-refractivity contribution in [1.29, 1.82) is 0 Å². The Morgan fingerprint density at radius 1 is 0.717 bits per heavy atom. The lowest BCUT2D eigenvalue weighted by atomic mass is 9.96. The molecule has 4 heteroatoms. The van der Waals surface area contributed by atoms with Gasteiger partial charge in [-0.15, -0.1) is 17.1 Å². The summed E-state index contributed by atoms with van der Waals surface area (Å²) in [6.45, 7) is 16.1. The zero-order valence-electron chi connectivity index (χ0n) is 33.6. The predicted octanol–water partition coefficient (Wildman–Crippen LogP) is 14.3. The molecule has 53 heavy (non-hydrogen) atoms. The number of nitrogen functional groups attached to an aromatic ring is 1. The molecule has 5 aromatic carbocycles. The second kappa shape index (κ2) is 25.0. The third-order valence-electron chi connectivity index (χ3n) is 8.18. The number of aryl methyl sites for hydroxylation is 1. The molecule has 4 N–H and O–H groups in total. The minimum absolute atomic E-state index is 0.111. The Balaban J connectivity index is 0.000000271. The predicted molar refractivity (Wildman–Crippen MR) is 242 cm³/mol. The Morgan fingerprint density at radius 2 is 1.34 bits per heavy atom. The summed E-state index contributed by atoms with van der Waals surface area (Å²) >= 11 is 1.88. The number of thiophene rings is 1. The molecule has 1 aromatic heterocycles. The molecular weight excluding hydrogens is 663 g/mol. The molecule has 7 rings (SSSR count). The van der Waals surface area contributed by atoms with Gasteiger partial charge in [0.2, 0.25) is 0 Å². The summed E-state index contributed by atoms with van der Waals surface area (Å²) in [7, 11) is 3.89. The topological polar surface area (TPSA) is 50.1 Å². The average molecular weight is 724 g/mol. The van der Waals surface area contributed by atoms with Gasteiger partial charge < -0.3 is 16.4 Å². The molecule has 0 bridgehead atoms. The van der Waals surface area contributed by atoms with Crippen LogP contribution in [0.25, 0.3) is 31.8 Å². The number of fused-ring (bicyclic) bond motifs is 3. The molecule has 1 atom stereocenters. The fraction of sp³-hybridized carbons (Fsp3) is 0.245. The quantitative estimate of drug-likeness (QED) is 0.0873. The van der Waals surface area contributed by atoms with Gasteiger partial charge in [0.15, 0.2) is 0 Å². The summed E-state index contributed by atoms with van der Waals surface area (Å²) in [4.78, 5) is 0. The van der Waals surface area contributed by atoms with Crippen LogP contribution >= 0.6 is 11.3 Å².